The van der Waals surface area contributed by atoms with Gasteiger partial charge in [0.25, 0.3) is 0 Å². The highest BCUT2D eigenvalue weighted by Gasteiger charge is 2.11. The summed E-state index contributed by atoms with van der Waals surface area (Å²) in [7, 11) is 0. The van der Waals surface area contributed by atoms with Crippen LogP contribution in [0.15, 0.2) is 30.9 Å². The topological polar surface area (TPSA) is 38.3 Å². The highest BCUT2D eigenvalue weighted by atomic mass is 19.1. The molecule has 0 aliphatic rings. The van der Waals surface area contributed by atoms with Crippen LogP contribution < -0.4 is 10.1 Å². The average molecular weight is 237 g/mol. The minimum atomic E-state index is -0.493. The third-order valence-corrected chi connectivity index (χ3v) is 1.97. The zero-order valence-electron chi connectivity index (χ0n) is 10.00. The van der Waals surface area contributed by atoms with Gasteiger partial charge < -0.3 is 10.1 Å². The SMILES string of the molecule is C=CC(=O)Nc1cccc(F)c1OCC(C)C. The average Bonchev–Trinajstić information content (AvgIpc) is 2.27. The molecule has 0 aliphatic heterocycles. The van der Waals surface area contributed by atoms with Crippen molar-refractivity contribution in [1.29, 1.82) is 0 Å². The predicted molar refractivity (Wildman–Crippen MR) is 65.6 cm³/mol. The van der Waals surface area contributed by atoms with E-state index in [0.29, 0.717) is 12.3 Å². The smallest absolute Gasteiger partial charge is 0.247 e. The van der Waals surface area contributed by atoms with Gasteiger partial charge in [0.15, 0.2) is 11.6 Å². The Morgan fingerprint density at radius 3 is 2.88 bits per heavy atom. The van der Waals surface area contributed by atoms with Gasteiger partial charge in [0, 0.05) is 0 Å². The van der Waals surface area contributed by atoms with Crippen molar-refractivity contribution in [2.45, 2.75) is 13.8 Å². The van der Waals surface area contributed by atoms with Crippen LogP contribution in [-0.2, 0) is 4.79 Å². The molecule has 1 aromatic carbocycles. The van der Waals surface area contributed by atoms with Crippen molar-refractivity contribution in [1.82, 2.24) is 0 Å². The van der Waals surface area contributed by atoms with Gasteiger partial charge in [-0.2, -0.15) is 0 Å². The summed E-state index contributed by atoms with van der Waals surface area (Å²) >= 11 is 0. The lowest BCUT2D eigenvalue weighted by molar-refractivity contribution is -0.111. The van der Waals surface area contributed by atoms with Crippen LogP contribution in [0.4, 0.5) is 10.1 Å². The van der Waals surface area contributed by atoms with E-state index in [1.54, 1.807) is 6.07 Å². The van der Waals surface area contributed by atoms with Crippen LogP contribution in [0.3, 0.4) is 0 Å². The zero-order valence-corrected chi connectivity index (χ0v) is 10.00. The summed E-state index contributed by atoms with van der Waals surface area (Å²) in [6.45, 7) is 7.65. The fourth-order valence-corrected chi connectivity index (χ4v) is 1.19. The molecule has 4 heteroatoms. The molecule has 1 aromatic rings. The number of rotatable bonds is 5. The van der Waals surface area contributed by atoms with E-state index in [1.807, 2.05) is 13.8 Å². The number of para-hydroxylation sites is 1. The summed E-state index contributed by atoms with van der Waals surface area (Å²) in [5.41, 5.74) is 0.315. The number of carbonyl (C=O) groups is 1. The Hall–Kier alpha value is -1.84. The number of nitrogens with one attached hydrogen (secondary N) is 1. The Kier molecular flexibility index (Phi) is 4.69. The van der Waals surface area contributed by atoms with Gasteiger partial charge in [0.05, 0.1) is 12.3 Å². The molecule has 0 aromatic heterocycles. The molecule has 0 bridgehead atoms. The molecule has 1 amide bonds. The van der Waals surface area contributed by atoms with Crippen LogP contribution in [0.5, 0.6) is 5.75 Å². The van der Waals surface area contributed by atoms with E-state index < -0.39 is 11.7 Å². The number of anilines is 1. The highest BCUT2D eigenvalue weighted by Crippen LogP contribution is 2.28. The first kappa shape index (κ1) is 13.2. The molecule has 0 saturated heterocycles. The maximum absolute atomic E-state index is 13.6. The van der Waals surface area contributed by atoms with Crippen molar-refractivity contribution in [3.8, 4) is 5.75 Å². The fourth-order valence-electron chi connectivity index (χ4n) is 1.19. The lowest BCUT2D eigenvalue weighted by atomic mass is 10.2. The summed E-state index contributed by atoms with van der Waals surface area (Å²) in [6, 6.07) is 4.38. The van der Waals surface area contributed by atoms with Gasteiger partial charge in [-0.3, -0.25) is 4.79 Å². The fraction of sp³-hybridized carbons (Fsp3) is 0.308. The van der Waals surface area contributed by atoms with Crippen molar-refractivity contribution >= 4 is 11.6 Å². The molecule has 0 saturated carbocycles. The molecular weight excluding hydrogens is 221 g/mol. The normalized spacial score (nSPS) is 10.1. The van der Waals surface area contributed by atoms with Crippen LogP contribution in [0.1, 0.15) is 13.8 Å². The zero-order chi connectivity index (χ0) is 12.8. The van der Waals surface area contributed by atoms with Crippen molar-refractivity contribution < 1.29 is 13.9 Å². The lowest BCUT2D eigenvalue weighted by Gasteiger charge is -2.13. The van der Waals surface area contributed by atoms with Gasteiger partial charge in [-0.15, -0.1) is 0 Å². The quantitative estimate of drug-likeness (QED) is 0.799. The number of hydrogen-bond donors (Lipinski definition) is 1. The van der Waals surface area contributed by atoms with Crippen molar-refractivity contribution in [3.05, 3.63) is 36.7 Å². The molecule has 0 fully saturated rings. The minimum Gasteiger partial charge on any atom is -0.488 e. The van der Waals surface area contributed by atoms with Crippen LogP contribution >= 0.6 is 0 Å². The number of carbonyl (C=O) groups excluding carboxylic acids is 1. The summed E-state index contributed by atoms with van der Waals surface area (Å²) in [5.74, 6) is -0.550. The van der Waals surface area contributed by atoms with Gasteiger partial charge in [-0.25, -0.2) is 4.39 Å². The molecule has 0 spiro atoms. The Balaban J connectivity index is 2.91. The summed E-state index contributed by atoms with van der Waals surface area (Å²) in [5, 5.41) is 2.50. The molecule has 17 heavy (non-hydrogen) atoms. The highest BCUT2D eigenvalue weighted by molar-refractivity contribution is 5.99. The molecule has 0 aliphatic carbocycles. The van der Waals surface area contributed by atoms with Crippen molar-refractivity contribution in [2.24, 2.45) is 5.92 Å². The molecule has 0 unspecified atom stereocenters. The van der Waals surface area contributed by atoms with Crippen molar-refractivity contribution in [2.75, 3.05) is 11.9 Å². The van der Waals surface area contributed by atoms with Crippen molar-refractivity contribution in [3.63, 3.8) is 0 Å². The maximum Gasteiger partial charge on any atom is 0.247 e. The number of ether oxygens (including phenoxy) is 1. The van der Waals surface area contributed by atoms with Gasteiger partial charge in [-0.1, -0.05) is 26.5 Å². The standard InChI is InChI=1S/C13H16FNO2/c1-4-12(16)15-11-7-5-6-10(14)13(11)17-8-9(2)3/h4-7,9H,1,8H2,2-3H3,(H,15,16). The molecule has 0 atom stereocenters. The molecular formula is C13H16FNO2. The Morgan fingerprint density at radius 2 is 2.29 bits per heavy atom. The Morgan fingerprint density at radius 1 is 1.59 bits per heavy atom. The molecule has 0 heterocycles. The van der Waals surface area contributed by atoms with E-state index in [-0.39, 0.29) is 11.7 Å². The van der Waals surface area contributed by atoms with E-state index in [2.05, 4.69) is 11.9 Å². The van der Waals surface area contributed by atoms with Crippen LogP contribution in [0.2, 0.25) is 0 Å². The maximum atomic E-state index is 13.6. The second-order valence-electron chi connectivity index (χ2n) is 4.01. The molecule has 1 rings (SSSR count). The first-order chi connectivity index (χ1) is 8.04. The molecule has 1 N–H and O–H groups in total. The van der Waals surface area contributed by atoms with E-state index >= 15 is 0 Å². The van der Waals surface area contributed by atoms with Gasteiger partial charge in [0.1, 0.15) is 0 Å². The van der Waals surface area contributed by atoms with E-state index in [1.165, 1.54) is 12.1 Å². The second-order valence-corrected chi connectivity index (χ2v) is 4.01. The molecule has 3 nitrogen and oxygen atoms in total. The van der Waals surface area contributed by atoms with Gasteiger partial charge >= 0.3 is 0 Å². The number of amides is 1. The Labute approximate surface area is 100 Å². The second kappa shape index (κ2) is 6.03. The predicted octanol–water partition coefficient (Wildman–Crippen LogP) is 2.99. The monoisotopic (exact) mass is 237 g/mol. The molecule has 92 valence electrons. The van der Waals surface area contributed by atoms with Gasteiger partial charge in [0.2, 0.25) is 5.91 Å². The van der Waals surface area contributed by atoms with E-state index in [0.717, 1.165) is 6.08 Å². The Bertz CT molecular complexity index is 416. The first-order valence-corrected chi connectivity index (χ1v) is 5.39. The summed E-state index contributed by atoms with van der Waals surface area (Å²) in [4.78, 5) is 11.2. The summed E-state index contributed by atoms with van der Waals surface area (Å²) < 4.78 is 18.9. The van der Waals surface area contributed by atoms with Crippen LogP contribution in [0, 0.1) is 11.7 Å². The third-order valence-electron chi connectivity index (χ3n) is 1.97. The minimum absolute atomic E-state index is 0.0661. The summed E-state index contributed by atoms with van der Waals surface area (Å²) in [6.07, 6.45) is 1.12. The molecule has 0 radical (unpaired) electrons. The largest absolute Gasteiger partial charge is 0.488 e. The number of halogens is 1. The van der Waals surface area contributed by atoms with E-state index in [4.69, 9.17) is 4.74 Å². The van der Waals surface area contributed by atoms with E-state index in [9.17, 15) is 9.18 Å². The lowest BCUT2D eigenvalue weighted by Crippen LogP contribution is -2.12. The number of benzene rings is 1. The number of hydrogen-bond acceptors (Lipinski definition) is 2. The third kappa shape index (κ3) is 3.90. The first-order valence-electron chi connectivity index (χ1n) is 5.39. The van der Waals surface area contributed by atoms with Gasteiger partial charge in [-0.05, 0) is 24.1 Å². The van der Waals surface area contributed by atoms with Crippen LogP contribution in [-0.4, -0.2) is 12.5 Å². The van der Waals surface area contributed by atoms with Crippen LogP contribution in [0.25, 0.3) is 0 Å².